The van der Waals surface area contributed by atoms with Gasteiger partial charge in [0.15, 0.2) is 0 Å². The summed E-state index contributed by atoms with van der Waals surface area (Å²) in [5, 5.41) is 11.3. The molecule has 152 valence electrons. The van der Waals surface area contributed by atoms with E-state index >= 15 is 0 Å². The summed E-state index contributed by atoms with van der Waals surface area (Å²) in [4.78, 5) is 33.3. The van der Waals surface area contributed by atoms with Gasteiger partial charge in [0.25, 0.3) is 5.56 Å². The number of carbonyl (C=O) groups excluding carboxylic acids is 1. The Kier molecular flexibility index (Phi) is 6.46. The molecule has 1 aliphatic heterocycles. The molecular formula is C21H30N4O3. The smallest absolute Gasteiger partial charge is 0.261 e. The van der Waals surface area contributed by atoms with Crippen LogP contribution in [0.2, 0.25) is 0 Å². The van der Waals surface area contributed by atoms with Crippen LogP contribution in [0.15, 0.2) is 35.4 Å². The molecule has 28 heavy (non-hydrogen) atoms. The average molecular weight is 386 g/mol. The molecule has 1 saturated heterocycles. The molecule has 1 fully saturated rings. The molecule has 1 unspecified atom stereocenters. The zero-order chi connectivity index (χ0) is 20.1. The molecule has 1 aliphatic rings. The van der Waals surface area contributed by atoms with Gasteiger partial charge in [-0.15, -0.1) is 0 Å². The predicted octanol–water partition coefficient (Wildman–Crippen LogP) is 1.48. The number of nitrogens with zero attached hydrogens (tertiary/aromatic N) is 4. The van der Waals surface area contributed by atoms with E-state index in [4.69, 9.17) is 0 Å². The Balaban J connectivity index is 1.53. The number of hydrogen-bond donors (Lipinski definition) is 1. The minimum atomic E-state index is -0.720. The fourth-order valence-electron chi connectivity index (χ4n) is 4.00. The number of likely N-dealkylation sites (tertiary alicyclic amines) is 1. The SMILES string of the molecule is CN(C)CC1(O)CCCN(C(=O)CCCn2cnc3ccccc3c2=O)CC1. The lowest BCUT2D eigenvalue weighted by atomic mass is 9.94. The normalized spacial score (nSPS) is 20.5. The van der Waals surface area contributed by atoms with Crippen molar-refractivity contribution in [3.05, 3.63) is 40.9 Å². The van der Waals surface area contributed by atoms with E-state index in [0.29, 0.717) is 62.8 Å². The van der Waals surface area contributed by atoms with Gasteiger partial charge in [0.05, 0.1) is 22.8 Å². The lowest BCUT2D eigenvalue weighted by molar-refractivity contribution is -0.131. The highest BCUT2D eigenvalue weighted by molar-refractivity contribution is 5.77. The highest BCUT2D eigenvalue weighted by Crippen LogP contribution is 2.23. The van der Waals surface area contributed by atoms with Gasteiger partial charge < -0.3 is 14.9 Å². The minimum Gasteiger partial charge on any atom is -0.388 e. The molecule has 0 aliphatic carbocycles. The van der Waals surface area contributed by atoms with Crippen molar-refractivity contribution < 1.29 is 9.90 Å². The fraction of sp³-hybridized carbons (Fsp3) is 0.571. The molecule has 2 heterocycles. The van der Waals surface area contributed by atoms with Crippen LogP contribution in [0.3, 0.4) is 0 Å². The van der Waals surface area contributed by atoms with Crippen LogP contribution < -0.4 is 5.56 Å². The highest BCUT2D eigenvalue weighted by atomic mass is 16.3. The average Bonchev–Trinajstić information content (AvgIpc) is 2.84. The van der Waals surface area contributed by atoms with E-state index in [1.807, 2.05) is 42.1 Å². The lowest BCUT2D eigenvalue weighted by Crippen LogP contribution is -2.41. The van der Waals surface area contributed by atoms with Gasteiger partial charge in [-0.3, -0.25) is 14.2 Å². The summed E-state index contributed by atoms with van der Waals surface area (Å²) in [5.74, 6) is 0.0934. The Bertz CT molecular complexity index is 879. The summed E-state index contributed by atoms with van der Waals surface area (Å²) in [5.41, 5.74) is -0.0982. The van der Waals surface area contributed by atoms with E-state index in [1.54, 1.807) is 17.0 Å². The third kappa shape index (κ3) is 4.97. The van der Waals surface area contributed by atoms with Gasteiger partial charge >= 0.3 is 0 Å². The van der Waals surface area contributed by atoms with E-state index in [9.17, 15) is 14.7 Å². The second-order valence-electron chi connectivity index (χ2n) is 8.06. The van der Waals surface area contributed by atoms with E-state index in [0.717, 1.165) is 6.42 Å². The first-order valence-corrected chi connectivity index (χ1v) is 9.97. The van der Waals surface area contributed by atoms with E-state index in [-0.39, 0.29) is 11.5 Å². The second kappa shape index (κ2) is 8.84. The van der Waals surface area contributed by atoms with Crippen LogP contribution in [0.1, 0.15) is 32.1 Å². The quantitative estimate of drug-likeness (QED) is 0.814. The molecule has 0 spiro atoms. The summed E-state index contributed by atoms with van der Waals surface area (Å²) in [6.45, 7) is 2.36. The number of hydrogen-bond acceptors (Lipinski definition) is 5. The highest BCUT2D eigenvalue weighted by Gasteiger charge is 2.31. The van der Waals surface area contributed by atoms with Crippen molar-refractivity contribution in [2.45, 2.75) is 44.2 Å². The molecule has 1 aromatic heterocycles. The van der Waals surface area contributed by atoms with Crippen LogP contribution >= 0.6 is 0 Å². The van der Waals surface area contributed by atoms with Crippen molar-refractivity contribution in [2.75, 3.05) is 33.7 Å². The van der Waals surface area contributed by atoms with Crippen molar-refractivity contribution >= 4 is 16.8 Å². The Hall–Kier alpha value is -2.25. The van der Waals surface area contributed by atoms with Crippen molar-refractivity contribution in [3.8, 4) is 0 Å². The summed E-state index contributed by atoms with van der Waals surface area (Å²) >= 11 is 0. The topological polar surface area (TPSA) is 78.7 Å². The third-order valence-electron chi connectivity index (χ3n) is 5.40. The number of para-hydroxylation sites is 1. The zero-order valence-corrected chi connectivity index (χ0v) is 16.8. The van der Waals surface area contributed by atoms with Gasteiger partial charge in [-0.25, -0.2) is 4.98 Å². The standard InChI is InChI=1S/C21H30N4O3/c1-23(2)15-21(28)10-6-13-24(14-11-21)19(26)9-5-12-25-16-22-18-8-4-3-7-17(18)20(25)27/h3-4,7-8,16,28H,5-6,9-15H2,1-2H3. The minimum absolute atomic E-state index is 0.0680. The largest absolute Gasteiger partial charge is 0.388 e. The van der Waals surface area contributed by atoms with Crippen LogP contribution in [-0.4, -0.2) is 69.7 Å². The van der Waals surface area contributed by atoms with Crippen molar-refractivity contribution in [2.24, 2.45) is 0 Å². The van der Waals surface area contributed by atoms with Crippen LogP contribution in [0.4, 0.5) is 0 Å². The van der Waals surface area contributed by atoms with Crippen LogP contribution in [-0.2, 0) is 11.3 Å². The molecule has 7 heteroatoms. The monoisotopic (exact) mass is 386 g/mol. The zero-order valence-electron chi connectivity index (χ0n) is 16.8. The predicted molar refractivity (Wildman–Crippen MR) is 109 cm³/mol. The molecule has 1 amide bonds. The van der Waals surface area contributed by atoms with Gasteiger partial charge in [-0.1, -0.05) is 12.1 Å². The Morgan fingerprint density at radius 2 is 2.04 bits per heavy atom. The van der Waals surface area contributed by atoms with Gasteiger partial charge in [0.2, 0.25) is 5.91 Å². The maximum absolute atomic E-state index is 12.6. The van der Waals surface area contributed by atoms with Crippen LogP contribution in [0.25, 0.3) is 10.9 Å². The molecule has 0 bridgehead atoms. The maximum Gasteiger partial charge on any atom is 0.261 e. The lowest BCUT2D eigenvalue weighted by Gasteiger charge is -2.30. The molecule has 1 N–H and O–H groups in total. The number of aromatic nitrogens is 2. The van der Waals surface area contributed by atoms with Gasteiger partial charge in [-0.2, -0.15) is 0 Å². The van der Waals surface area contributed by atoms with Crippen molar-refractivity contribution in [1.82, 2.24) is 19.4 Å². The van der Waals surface area contributed by atoms with Crippen molar-refractivity contribution in [3.63, 3.8) is 0 Å². The Morgan fingerprint density at radius 3 is 2.82 bits per heavy atom. The van der Waals surface area contributed by atoms with E-state index in [2.05, 4.69) is 4.98 Å². The molecule has 7 nitrogen and oxygen atoms in total. The van der Waals surface area contributed by atoms with Crippen LogP contribution in [0.5, 0.6) is 0 Å². The number of amides is 1. The number of fused-ring (bicyclic) bond motifs is 1. The van der Waals surface area contributed by atoms with Gasteiger partial charge in [-0.05, 0) is 51.9 Å². The molecule has 2 aromatic rings. The number of rotatable bonds is 6. The summed E-state index contributed by atoms with van der Waals surface area (Å²) in [7, 11) is 3.91. The summed E-state index contributed by atoms with van der Waals surface area (Å²) in [6.07, 6.45) is 4.67. The Labute approximate surface area is 165 Å². The first kappa shape index (κ1) is 20.5. The summed E-state index contributed by atoms with van der Waals surface area (Å²) in [6, 6.07) is 7.29. The first-order chi connectivity index (χ1) is 13.4. The second-order valence-corrected chi connectivity index (χ2v) is 8.06. The number of aliphatic hydroxyl groups is 1. The molecule has 1 aromatic carbocycles. The Morgan fingerprint density at radius 1 is 1.25 bits per heavy atom. The number of benzene rings is 1. The van der Waals surface area contributed by atoms with E-state index in [1.165, 1.54) is 0 Å². The molecular weight excluding hydrogens is 356 g/mol. The van der Waals surface area contributed by atoms with Gasteiger partial charge in [0, 0.05) is 32.6 Å². The molecule has 1 atom stereocenters. The third-order valence-corrected chi connectivity index (χ3v) is 5.40. The fourth-order valence-corrected chi connectivity index (χ4v) is 4.00. The molecule has 3 rings (SSSR count). The molecule has 0 saturated carbocycles. The number of likely N-dealkylation sites (N-methyl/N-ethyl adjacent to an activating group) is 1. The van der Waals surface area contributed by atoms with Crippen molar-refractivity contribution in [1.29, 1.82) is 0 Å². The molecule has 0 radical (unpaired) electrons. The van der Waals surface area contributed by atoms with Crippen LogP contribution in [0, 0.1) is 0 Å². The number of aryl methyl sites for hydroxylation is 1. The first-order valence-electron chi connectivity index (χ1n) is 9.97. The number of carbonyl (C=O) groups is 1. The maximum atomic E-state index is 12.6. The van der Waals surface area contributed by atoms with Gasteiger partial charge in [0.1, 0.15) is 0 Å². The summed E-state index contributed by atoms with van der Waals surface area (Å²) < 4.78 is 1.58. The van der Waals surface area contributed by atoms with E-state index < -0.39 is 5.60 Å².